The molecule has 0 rings (SSSR count). The average Bonchev–Trinajstić information content (AvgIpc) is 1.65. The first-order chi connectivity index (χ1) is 4.00. The van der Waals surface area contributed by atoms with E-state index in [0.717, 1.165) is 5.88 Å². The third-order valence-electron chi connectivity index (χ3n) is 0.309. The predicted octanol–water partition coefficient (Wildman–Crippen LogP) is 2.10. The summed E-state index contributed by atoms with van der Waals surface area (Å²) in [5.41, 5.74) is 0. The minimum absolute atomic E-state index is 0.650. The van der Waals surface area contributed by atoms with Gasteiger partial charge in [0.25, 0.3) is 0 Å². The number of carboxylic acid groups (broad SMARTS) is 2. The molecule has 0 spiro atoms. The molecule has 0 fully saturated rings. The lowest BCUT2D eigenvalue weighted by molar-refractivity contribution is 0.137. The lowest BCUT2D eigenvalue weighted by Gasteiger charge is -1.88. The van der Waals surface area contributed by atoms with E-state index in [9.17, 15) is 0 Å². The first-order valence-corrected chi connectivity index (χ1v) is 3.02. The molecule has 0 unspecified atom stereocenters. The highest BCUT2D eigenvalue weighted by Crippen LogP contribution is 1.91. The van der Waals surface area contributed by atoms with Crippen molar-refractivity contribution >= 4 is 17.8 Å². The Bertz CT molecular complexity index is 68.6. The second-order valence-corrected chi connectivity index (χ2v) is 2.14. The summed E-state index contributed by atoms with van der Waals surface area (Å²) < 4.78 is 0. The van der Waals surface area contributed by atoms with Gasteiger partial charge < -0.3 is 10.2 Å². The molecule has 0 aromatic heterocycles. The zero-order valence-corrected chi connectivity index (χ0v) is 6.22. The average molecular weight is 155 g/mol. The summed E-state index contributed by atoms with van der Waals surface area (Å²) in [7, 11) is 0. The molecule has 0 saturated heterocycles. The lowest BCUT2D eigenvalue weighted by atomic mass is 10.3. The van der Waals surface area contributed by atoms with Crippen molar-refractivity contribution in [3.8, 4) is 0 Å². The van der Waals surface area contributed by atoms with E-state index in [1.807, 2.05) is 0 Å². The number of hydrogen-bond acceptors (Lipinski definition) is 1. The summed E-state index contributed by atoms with van der Waals surface area (Å²) in [6.45, 7) is 4.18. The molecule has 0 amide bonds. The minimum atomic E-state index is -1.83. The van der Waals surface area contributed by atoms with E-state index in [0.29, 0.717) is 5.92 Å². The standard InChI is InChI=1S/C4H9Cl.CH2O3/c1-4(2)3-5;2-1(3)4/h4H,3H2,1-2H3;(H2,2,3,4). The number of hydrogen-bond donors (Lipinski definition) is 2. The second-order valence-electron chi connectivity index (χ2n) is 1.83. The van der Waals surface area contributed by atoms with E-state index in [1.165, 1.54) is 0 Å². The van der Waals surface area contributed by atoms with Gasteiger partial charge in [0.05, 0.1) is 0 Å². The van der Waals surface area contributed by atoms with Gasteiger partial charge in [-0.15, -0.1) is 11.6 Å². The van der Waals surface area contributed by atoms with E-state index >= 15 is 0 Å². The topological polar surface area (TPSA) is 57.5 Å². The Labute approximate surface area is 59.3 Å². The highest BCUT2D eigenvalue weighted by molar-refractivity contribution is 6.17. The number of alkyl halides is 1. The van der Waals surface area contributed by atoms with Crippen molar-refractivity contribution in [2.24, 2.45) is 5.92 Å². The third kappa shape index (κ3) is 96.0. The van der Waals surface area contributed by atoms with Gasteiger partial charge in [0.15, 0.2) is 0 Å². The Kier molecular flexibility index (Phi) is 9.55. The van der Waals surface area contributed by atoms with E-state index in [1.54, 1.807) is 0 Å². The largest absolute Gasteiger partial charge is 0.503 e. The Balaban J connectivity index is 0. The van der Waals surface area contributed by atoms with Crippen LogP contribution in [0.1, 0.15) is 13.8 Å². The normalized spacial score (nSPS) is 8.00. The molecule has 0 radical (unpaired) electrons. The molecule has 0 aromatic carbocycles. The van der Waals surface area contributed by atoms with Gasteiger partial charge in [0.2, 0.25) is 0 Å². The first kappa shape index (κ1) is 11.4. The van der Waals surface area contributed by atoms with Crippen LogP contribution >= 0.6 is 11.6 Å². The van der Waals surface area contributed by atoms with Crippen LogP contribution in [0.25, 0.3) is 0 Å². The molecule has 56 valence electrons. The summed E-state index contributed by atoms with van der Waals surface area (Å²) in [6, 6.07) is 0. The molecule has 2 N–H and O–H groups in total. The monoisotopic (exact) mass is 154 g/mol. The van der Waals surface area contributed by atoms with Gasteiger partial charge in [-0.2, -0.15) is 0 Å². The number of carbonyl (C=O) groups is 1. The van der Waals surface area contributed by atoms with Crippen LogP contribution < -0.4 is 0 Å². The van der Waals surface area contributed by atoms with Gasteiger partial charge in [-0.05, 0) is 5.92 Å². The molecule has 0 heterocycles. The maximum atomic E-state index is 8.56. The van der Waals surface area contributed by atoms with Gasteiger partial charge in [-0.3, -0.25) is 0 Å². The fraction of sp³-hybridized carbons (Fsp3) is 0.800. The van der Waals surface area contributed by atoms with Crippen molar-refractivity contribution in [1.29, 1.82) is 0 Å². The van der Waals surface area contributed by atoms with Gasteiger partial charge in [-0.1, -0.05) is 13.8 Å². The van der Waals surface area contributed by atoms with Crippen molar-refractivity contribution in [2.75, 3.05) is 5.88 Å². The zero-order valence-electron chi connectivity index (χ0n) is 5.47. The van der Waals surface area contributed by atoms with Crippen molar-refractivity contribution in [3.63, 3.8) is 0 Å². The second kappa shape index (κ2) is 7.56. The van der Waals surface area contributed by atoms with Crippen LogP contribution in [0.5, 0.6) is 0 Å². The van der Waals surface area contributed by atoms with Gasteiger partial charge in [-0.25, -0.2) is 4.79 Å². The molecule has 0 atom stereocenters. The molecule has 0 aliphatic heterocycles. The first-order valence-electron chi connectivity index (χ1n) is 2.48. The van der Waals surface area contributed by atoms with Gasteiger partial charge >= 0.3 is 6.16 Å². The molecule has 0 aliphatic rings. The molecular weight excluding hydrogens is 144 g/mol. The van der Waals surface area contributed by atoms with Crippen LogP contribution in [0.4, 0.5) is 4.79 Å². The predicted molar refractivity (Wildman–Crippen MR) is 36.2 cm³/mol. The minimum Gasteiger partial charge on any atom is -0.450 e. The van der Waals surface area contributed by atoms with Gasteiger partial charge in [0, 0.05) is 5.88 Å². The fourth-order valence-corrected chi connectivity index (χ4v) is 0. The molecule has 0 aliphatic carbocycles. The molecule has 3 nitrogen and oxygen atoms in total. The lowest BCUT2D eigenvalue weighted by Crippen LogP contribution is -1.83. The Morgan fingerprint density at radius 1 is 1.56 bits per heavy atom. The van der Waals surface area contributed by atoms with Crippen LogP contribution in [-0.4, -0.2) is 22.2 Å². The molecule has 9 heavy (non-hydrogen) atoms. The van der Waals surface area contributed by atoms with Crippen molar-refractivity contribution in [1.82, 2.24) is 0 Å². The van der Waals surface area contributed by atoms with E-state index < -0.39 is 6.16 Å². The van der Waals surface area contributed by atoms with Gasteiger partial charge in [0.1, 0.15) is 0 Å². The summed E-state index contributed by atoms with van der Waals surface area (Å²) in [5, 5.41) is 13.9. The van der Waals surface area contributed by atoms with Crippen LogP contribution in [0.2, 0.25) is 0 Å². The van der Waals surface area contributed by atoms with E-state index in [2.05, 4.69) is 13.8 Å². The molecule has 4 heteroatoms. The summed E-state index contributed by atoms with van der Waals surface area (Å²) in [5.74, 6) is 1.43. The van der Waals surface area contributed by atoms with Crippen molar-refractivity contribution < 1.29 is 15.0 Å². The van der Waals surface area contributed by atoms with Crippen LogP contribution in [-0.2, 0) is 0 Å². The highest BCUT2D eigenvalue weighted by Gasteiger charge is 1.82. The Morgan fingerprint density at radius 3 is 1.67 bits per heavy atom. The van der Waals surface area contributed by atoms with Crippen LogP contribution in [0.3, 0.4) is 0 Å². The molecular formula is C5H11ClO3. The van der Waals surface area contributed by atoms with E-state index in [-0.39, 0.29) is 0 Å². The maximum Gasteiger partial charge on any atom is 0.503 e. The summed E-state index contributed by atoms with van der Waals surface area (Å²) >= 11 is 5.34. The van der Waals surface area contributed by atoms with E-state index in [4.69, 9.17) is 26.6 Å². The Morgan fingerprint density at radius 2 is 1.67 bits per heavy atom. The molecule has 0 aromatic rings. The van der Waals surface area contributed by atoms with Crippen molar-refractivity contribution in [3.05, 3.63) is 0 Å². The smallest absolute Gasteiger partial charge is 0.450 e. The Hall–Kier alpha value is -0.440. The highest BCUT2D eigenvalue weighted by atomic mass is 35.5. The maximum absolute atomic E-state index is 8.56. The van der Waals surface area contributed by atoms with Crippen LogP contribution in [0, 0.1) is 5.92 Å². The van der Waals surface area contributed by atoms with Crippen molar-refractivity contribution in [2.45, 2.75) is 13.8 Å². The van der Waals surface area contributed by atoms with Crippen LogP contribution in [0.15, 0.2) is 0 Å². The summed E-state index contributed by atoms with van der Waals surface area (Å²) in [4.78, 5) is 8.56. The summed E-state index contributed by atoms with van der Waals surface area (Å²) in [6.07, 6.45) is -1.83. The SMILES string of the molecule is CC(C)CCl.O=C(O)O. The fourth-order valence-electron chi connectivity index (χ4n) is 0. The number of rotatable bonds is 1. The quantitative estimate of drug-likeness (QED) is 0.569. The number of halogens is 1. The third-order valence-corrected chi connectivity index (χ3v) is 0.926. The molecule has 0 saturated carbocycles. The molecule has 0 bridgehead atoms. The zero-order chi connectivity index (χ0) is 7.86.